The van der Waals surface area contributed by atoms with Crippen molar-refractivity contribution in [2.24, 2.45) is 17.8 Å². The van der Waals surface area contributed by atoms with Crippen LogP contribution in [0.3, 0.4) is 0 Å². The van der Waals surface area contributed by atoms with Crippen molar-refractivity contribution in [2.45, 2.75) is 103 Å². The zero-order valence-corrected chi connectivity index (χ0v) is 28.8. The summed E-state index contributed by atoms with van der Waals surface area (Å²) >= 11 is 0. The Balaban J connectivity index is 0.00000353. The summed E-state index contributed by atoms with van der Waals surface area (Å²) in [5, 5.41) is 0. The van der Waals surface area contributed by atoms with Crippen molar-refractivity contribution in [1.82, 2.24) is 0 Å². The molecule has 0 N–H and O–H groups in total. The molecule has 6 rings (SSSR count). The van der Waals surface area contributed by atoms with Crippen molar-refractivity contribution in [3.8, 4) is 0 Å². The molecule has 0 bridgehead atoms. The first-order valence-corrected chi connectivity index (χ1v) is 16.0. The number of halogens is 1. The van der Waals surface area contributed by atoms with E-state index in [0.717, 1.165) is 29.4 Å². The molecule has 0 radical (unpaired) electrons. The highest BCUT2D eigenvalue weighted by Crippen LogP contribution is 2.68. The molecular formula is C39H52BrNO. The first-order chi connectivity index (χ1) is 19.3. The second kappa shape index (κ2) is 10.9. The third-order valence-corrected chi connectivity index (χ3v) is 11.5. The second-order valence-electron chi connectivity index (χ2n) is 16.0. The van der Waals surface area contributed by atoms with Gasteiger partial charge in [-0.2, -0.15) is 0 Å². The van der Waals surface area contributed by atoms with Crippen LogP contribution in [0.25, 0.3) is 0 Å². The zero-order valence-electron chi connectivity index (χ0n) is 27.2. The molecule has 3 aromatic carbocycles. The molecule has 226 valence electrons. The normalized spacial score (nSPS) is 32.0. The first kappa shape index (κ1) is 31.5. The van der Waals surface area contributed by atoms with Crippen LogP contribution in [0.2, 0.25) is 0 Å². The van der Waals surface area contributed by atoms with Gasteiger partial charge >= 0.3 is 0 Å². The first-order valence-electron chi connectivity index (χ1n) is 16.0. The molecule has 6 atom stereocenters. The van der Waals surface area contributed by atoms with Gasteiger partial charge < -0.3 is 26.2 Å². The highest BCUT2D eigenvalue weighted by Gasteiger charge is 2.78. The van der Waals surface area contributed by atoms with E-state index in [1.54, 1.807) is 0 Å². The van der Waals surface area contributed by atoms with E-state index in [0.29, 0.717) is 12.5 Å². The Bertz CT molecular complexity index is 1360. The molecule has 0 aromatic heterocycles. The average molecular weight is 631 g/mol. The SMILES string of the molecule is C[C@@H]1C[N@@+]2(Cc3cc(C(C)(C)C)cc(C(C)(C)C)c3)C[C@](OCc3ccccc3)(c3ccccc3)[C@H]3CC[C@@H]1[C@]32C.[Br-]. The number of ether oxygens (including phenoxy) is 1. The van der Waals surface area contributed by atoms with Crippen LogP contribution in [0.4, 0.5) is 0 Å². The standard InChI is InChI=1S/C39H52NO.BrH/c1-28-24-40(25-30-21-32(36(2,3)4)23-33(22-30)37(5,6)7)27-39(31-17-13-10-14-18-31,35-20-19-34(28)38(35,40)8)41-26-29-15-11-9-12-16-29;/h9-18,21-23,28,34-35H,19-20,24-27H2,1-8H3;1H/q+1;/p-1/t28-,34+,35+,38-,39+,40-;/m1./s1. The summed E-state index contributed by atoms with van der Waals surface area (Å²) < 4.78 is 8.48. The van der Waals surface area contributed by atoms with Crippen LogP contribution in [0.5, 0.6) is 0 Å². The molecule has 42 heavy (non-hydrogen) atoms. The lowest BCUT2D eigenvalue weighted by atomic mass is 9.73. The zero-order chi connectivity index (χ0) is 29.3. The molecule has 2 aliphatic heterocycles. The van der Waals surface area contributed by atoms with Gasteiger partial charge in [-0.05, 0) is 65.0 Å². The van der Waals surface area contributed by atoms with Gasteiger partial charge in [-0.1, -0.05) is 115 Å². The van der Waals surface area contributed by atoms with Crippen LogP contribution in [0.15, 0.2) is 78.9 Å². The smallest absolute Gasteiger partial charge is 0.151 e. The van der Waals surface area contributed by atoms with Crippen LogP contribution in [0.1, 0.15) is 96.0 Å². The van der Waals surface area contributed by atoms with Crippen molar-refractivity contribution in [1.29, 1.82) is 0 Å². The van der Waals surface area contributed by atoms with Crippen molar-refractivity contribution in [2.75, 3.05) is 13.1 Å². The van der Waals surface area contributed by atoms with E-state index in [9.17, 15) is 0 Å². The van der Waals surface area contributed by atoms with Crippen molar-refractivity contribution in [3.05, 3.63) is 107 Å². The highest BCUT2D eigenvalue weighted by molar-refractivity contribution is 5.38. The predicted molar refractivity (Wildman–Crippen MR) is 171 cm³/mol. The number of hydrogen-bond donors (Lipinski definition) is 0. The van der Waals surface area contributed by atoms with E-state index in [-0.39, 0.29) is 39.0 Å². The fourth-order valence-electron chi connectivity index (χ4n) is 9.43. The monoisotopic (exact) mass is 629 g/mol. The predicted octanol–water partition coefficient (Wildman–Crippen LogP) is 6.16. The van der Waals surface area contributed by atoms with Gasteiger partial charge in [0.05, 0.1) is 19.1 Å². The van der Waals surface area contributed by atoms with Gasteiger partial charge in [0.25, 0.3) is 0 Å². The molecule has 2 nitrogen and oxygen atoms in total. The maximum absolute atomic E-state index is 7.33. The number of quaternary nitrogens is 1. The summed E-state index contributed by atoms with van der Waals surface area (Å²) in [6.07, 6.45) is 2.57. The molecule has 3 fully saturated rings. The lowest BCUT2D eigenvalue weighted by molar-refractivity contribution is -0.968. The number of benzene rings is 3. The molecule has 2 saturated heterocycles. The Morgan fingerprint density at radius 1 is 0.786 bits per heavy atom. The van der Waals surface area contributed by atoms with Gasteiger partial charge in [0.15, 0.2) is 5.60 Å². The minimum Gasteiger partial charge on any atom is -1.00 e. The van der Waals surface area contributed by atoms with Crippen LogP contribution < -0.4 is 17.0 Å². The topological polar surface area (TPSA) is 9.23 Å². The average Bonchev–Trinajstić information content (AvgIpc) is 3.47. The van der Waals surface area contributed by atoms with E-state index in [1.807, 2.05) is 0 Å². The minimum atomic E-state index is -0.283. The van der Waals surface area contributed by atoms with Crippen molar-refractivity contribution >= 4 is 0 Å². The maximum Gasteiger partial charge on any atom is 0.151 e. The Labute approximate surface area is 266 Å². The summed E-state index contributed by atoms with van der Waals surface area (Å²) in [5.74, 6) is 1.98. The van der Waals surface area contributed by atoms with Crippen molar-refractivity contribution < 1.29 is 26.2 Å². The van der Waals surface area contributed by atoms with Crippen molar-refractivity contribution in [3.63, 3.8) is 0 Å². The third kappa shape index (κ3) is 5.02. The number of rotatable bonds is 6. The highest BCUT2D eigenvalue weighted by atomic mass is 79.9. The van der Waals surface area contributed by atoms with Gasteiger partial charge in [-0.15, -0.1) is 0 Å². The van der Waals surface area contributed by atoms with Crippen LogP contribution in [0, 0.1) is 17.8 Å². The summed E-state index contributed by atoms with van der Waals surface area (Å²) in [4.78, 5) is 0. The third-order valence-electron chi connectivity index (χ3n) is 11.5. The van der Waals surface area contributed by atoms with Gasteiger partial charge in [0, 0.05) is 17.4 Å². The maximum atomic E-state index is 7.33. The van der Waals surface area contributed by atoms with Gasteiger partial charge in [-0.25, -0.2) is 0 Å². The minimum absolute atomic E-state index is 0. The van der Waals surface area contributed by atoms with E-state index in [4.69, 9.17) is 4.74 Å². The van der Waals surface area contributed by atoms with Crippen LogP contribution in [-0.4, -0.2) is 23.1 Å². The molecule has 0 amide bonds. The summed E-state index contributed by atoms with van der Waals surface area (Å²) in [6, 6.07) is 29.7. The Morgan fingerprint density at radius 2 is 1.36 bits per heavy atom. The molecule has 0 unspecified atom stereocenters. The lowest BCUT2D eigenvalue weighted by Gasteiger charge is -2.44. The van der Waals surface area contributed by atoms with Crippen LogP contribution >= 0.6 is 0 Å². The molecule has 3 aliphatic rings. The molecular weight excluding hydrogens is 578 g/mol. The lowest BCUT2D eigenvalue weighted by Crippen LogP contribution is -3.00. The molecule has 0 spiro atoms. The summed E-state index contributed by atoms with van der Waals surface area (Å²) in [7, 11) is 0. The Hall–Kier alpha value is -1.94. The number of hydrogen-bond acceptors (Lipinski definition) is 1. The van der Waals surface area contributed by atoms with Gasteiger partial charge in [0.2, 0.25) is 0 Å². The van der Waals surface area contributed by atoms with Gasteiger partial charge in [0.1, 0.15) is 18.6 Å². The van der Waals surface area contributed by atoms with E-state index in [2.05, 4.69) is 134 Å². The number of nitrogens with zero attached hydrogens (tertiary/aromatic N) is 1. The Kier molecular flexibility index (Phi) is 8.17. The largest absolute Gasteiger partial charge is 1.00 e. The van der Waals surface area contributed by atoms with E-state index in [1.165, 1.54) is 47.2 Å². The second-order valence-corrected chi connectivity index (χ2v) is 16.0. The fraction of sp³-hybridized carbons (Fsp3) is 0.538. The summed E-state index contributed by atoms with van der Waals surface area (Å²) in [5.41, 5.74) is 7.23. The quantitative estimate of drug-likeness (QED) is 0.297. The molecule has 3 aromatic rings. The van der Waals surface area contributed by atoms with Crippen LogP contribution in [-0.2, 0) is 34.3 Å². The van der Waals surface area contributed by atoms with E-state index < -0.39 is 0 Å². The van der Waals surface area contributed by atoms with E-state index >= 15 is 0 Å². The molecule has 2 heterocycles. The van der Waals surface area contributed by atoms with Gasteiger partial charge in [-0.3, -0.25) is 0 Å². The summed E-state index contributed by atoms with van der Waals surface area (Å²) in [6.45, 7) is 23.4. The Morgan fingerprint density at radius 3 is 1.93 bits per heavy atom. The fourth-order valence-corrected chi connectivity index (χ4v) is 9.43. The molecule has 3 heteroatoms. The molecule has 1 saturated carbocycles. The molecule has 1 aliphatic carbocycles.